The molecule has 0 radical (unpaired) electrons. The van der Waals surface area contributed by atoms with E-state index in [2.05, 4.69) is 15.4 Å². The molecule has 0 bridgehead atoms. The average molecular weight is 659 g/mol. The first kappa shape index (κ1) is 37.6. The van der Waals surface area contributed by atoms with Crippen LogP contribution in [0.25, 0.3) is 0 Å². The Bertz CT molecular complexity index is 1430. The molecule has 0 spiro atoms. The molecular formula is C32H37F3N6O6. The fourth-order valence-electron chi connectivity index (χ4n) is 4.45. The van der Waals surface area contributed by atoms with Crippen LogP contribution in [0.4, 0.5) is 18.0 Å². The lowest BCUT2D eigenvalue weighted by Crippen LogP contribution is -2.49. The van der Waals surface area contributed by atoms with Crippen LogP contribution in [0.2, 0.25) is 0 Å². The van der Waals surface area contributed by atoms with Gasteiger partial charge in [-0.1, -0.05) is 84.9 Å². The number of nitrogens with two attached hydrogens (primary N) is 2. The largest absolute Gasteiger partial charge is 0.490 e. The molecule has 3 amide bonds. The van der Waals surface area contributed by atoms with E-state index in [0.29, 0.717) is 19.4 Å². The zero-order valence-electron chi connectivity index (χ0n) is 25.5. The van der Waals surface area contributed by atoms with Gasteiger partial charge in [0.1, 0.15) is 6.04 Å². The van der Waals surface area contributed by atoms with Crippen LogP contribution >= 0.6 is 0 Å². The van der Waals surface area contributed by atoms with Crippen molar-refractivity contribution in [1.82, 2.24) is 15.5 Å². The van der Waals surface area contributed by atoms with Gasteiger partial charge in [-0.2, -0.15) is 13.2 Å². The number of carbonyl (C=O) groups excluding carboxylic acids is 3. The molecule has 0 aromatic heterocycles. The van der Waals surface area contributed by atoms with Gasteiger partial charge in [0.15, 0.2) is 5.96 Å². The topological polar surface area (TPSA) is 201 Å². The SMILES string of the molecule is COC(=O)NCc1ccc(CN(C(=O)C(c2ccccc2)c2ccccc2)[C@H](CCCNC(=N)N)C(N)=O)cc1.O=C(O)C(F)(F)F. The number of alkyl halides is 3. The highest BCUT2D eigenvalue weighted by Gasteiger charge is 2.38. The van der Waals surface area contributed by atoms with Crippen LogP contribution in [0.1, 0.15) is 41.0 Å². The second kappa shape index (κ2) is 18.4. The van der Waals surface area contributed by atoms with E-state index in [0.717, 1.165) is 22.3 Å². The Hall–Kier alpha value is -5.60. The summed E-state index contributed by atoms with van der Waals surface area (Å²) in [5.74, 6) is -4.44. The minimum atomic E-state index is -5.08. The van der Waals surface area contributed by atoms with E-state index < -0.39 is 36.1 Å². The molecule has 0 aliphatic carbocycles. The number of nitrogens with one attached hydrogen (secondary N) is 3. The highest BCUT2D eigenvalue weighted by atomic mass is 19.4. The van der Waals surface area contributed by atoms with Crippen LogP contribution in [-0.4, -0.2) is 65.7 Å². The van der Waals surface area contributed by atoms with Crippen LogP contribution in [0.15, 0.2) is 84.9 Å². The third-order valence-corrected chi connectivity index (χ3v) is 6.71. The van der Waals surface area contributed by atoms with Crippen molar-refractivity contribution < 1.29 is 42.2 Å². The Kier molecular flexibility index (Phi) is 14.7. The maximum atomic E-state index is 14.4. The van der Waals surface area contributed by atoms with Crippen molar-refractivity contribution in [3.05, 3.63) is 107 Å². The van der Waals surface area contributed by atoms with Gasteiger partial charge >= 0.3 is 18.2 Å². The summed E-state index contributed by atoms with van der Waals surface area (Å²) < 4.78 is 36.3. The number of methoxy groups -OCH3 is 1. The summed E-state index contributed by atoms with van der Waals surface area (Å²) in [4.78, 5) is 49.0. The maximum absolute atomic E-state index is 14.4. The van der Waals surface area contributed by atoms with Crippen molar-refractivity contribution in [2.24, 2.45) is 11.5 Å². The number of primary amides is 1. The van der Waals surface area contributed by atoms with Gasteiger partial charge in [-0.25, -0.2) is 9.59 Å². The summed E-state index contributed by atoms with van der Waals surface area (Å²) in [6, 6.07) is 25.4. The van der Waals surface area contributed by atoms with Crippen LogP contribution < -0.4 is 22.1 Å². The number of alkyl carbamates (subject to hydrolysis) is 1. The van der Waals surface area contributed by atoms with Gasteiger partial charge in [0.2, 0.25) is 11.8 Å². The van der Waals surface area contributed by atoms with Gasteiger partial charge in [0, 0.05) is 19.6 Å². The van der Waals surface area contributed by atoms with Crippen LogP contribution in [0, 0.1) is 5.41 Å². The predicted molar refractivity (Wildman–Crippen MR) is 167 cm³/mol. The minimum Gasteiger partial charge on any atom is -0.475 e. The van der Waals surface area contributed by atoms with Crippen LogP contribution in [0.3, 0.4) is 0 Å². The van der Waals surface area contributed by atoms with Crippen LogP contribution in [0.5, 0.6) is 0 Å². The number of carboxylic acids is 1. The quantitative estimate of drug-likeness (QED) is 0.0911. The standard InChI is InChI=1S/C30H36N6O4.C2HF3O2/c1-40-30(39)35-19-21-14-16-22(17-15-21)20-36(25(27(31)37)13-8-18-34-29(32)33)28(38)26(23-9-4-2-5-10-23)24-11-6-3-7-12-24;3-2(4,5)1(6)7/h2-7,9-12,14-17,25-26H,8,13,18-20H2,1H3,(H2,31,37)(H,35,39)(H4,32,33,34);(H,6,7)/t25-;/m1./s1. The van der Waals surface area contributed by atoms with Crippen molar-refractivity contribution in [1.29, 1.82) is 5.41 Å². The summed E-state index contributed by atoms with van der Waals surface area (Å²) >= 11 is 0. The van der Waals surface area contributed by atoms with E-state index in [4.69, 9.17) is 26.8 Å². The van der Waals surface area contributed by atoms with Gasteiger partial charge in [0.25, 0.3) is 0 Å². The fourth-order valence-corrected chi connectivity index (χ4v) is 4.45. The van der Waals surface area contributed by atoms with Gasteiger partial charge < -0.3 is 36.8 Å². The summed E-state index contributed by atoms with van der Waals surface area (Å²) in [5, 5.41) is 19.9. The Morgan fingerprint density at radius 2 is 1.36 bits per heavy atom. The molecule has 3 aromatic rings. The molecule has 0 unspecified atom stereocenters. The third-order valence-electron chi connectivity index (χ3n) is 6.71. The Labute approximate surface area is 269 Å². The highest BCUT2D eigenvalue weighted by molar-refractivity contribution is 5.92. The third kappa shape index (κ3) is 12.7. The monoisotopic (exact) mass is 658 g/mol. The number of hydrogen-bond donors (Lipinski definition) is 6. The number of halogens is 3. The summed E-state index contributed by atoms with van der Waals surface area (Å²) in [6.45, 7) is 0.796. The first-order valence-corrected chi connectivity index (χ1v) is 14.2. The average Bonchev–Trinajstić information content (AvgIpc) is 3.04. The van der Waals surface area contributed by atoms with E-state index in [1.54, 1.807) is 4.90 Å². The fraction of sp³-hybridized carbons (Fsp3) is 0.281. The number of benzene rings is 3. The van der Waals surface area contributed by atoms with Crippen LogP contribution in [-0.2, 0) is 32.2 Å². The van der Waals surface area contributed by atoms with Gasteiger partial charge in [-0.3, -0.25) is 15.0 Å². The van der Waals surface area contributed by atoms with Crippen molar-refractivity contribution >= 4 is 29.8 Å². The number of ether oxygens (including phenoxy) is 1. The molecule has 3 aromatic carbocycles. The minimum absolute atomic E-state index is 0.146. The van der Waals surface area contributed by atoms with Crippen molar-refractivity contribution in [3.8, 4) is 0 Å². The normalized spacial score (nSPS) is 11.3. The number of hydrogen-bond acceptors (Lipinski definition) is 6. The molecule has 12 nitrogen and oxygen atoms in total. The molecule has 1 atom stereocenters. The molecule has 0 aliphatic heterocycles. The second-order valence-corrected chi connectivity index (χ2v) is 10.1. The lowest BCUT2D eigenvalue weighted by atomic mass is 9.89. The second-order valence-electron chi connectivity index (χ2n) is 10.1. The smallest absolute Gasteiger partial charge is 0.475 e. The molecule has 0 heterocycles. The number of carboxylic acid groups (broad SMARTS) is 1. The van der Waals surface area contributed by atoms with Crippen molar-refractivity contribution in [2.75, 3.05) is 13.7 Å². The summed E-state index contributed by atoms with van der Waals surface area (Å²) in [6.07, 6.45) is -4.85. The van der Waals surface area contributed by atoms with E-state index >= 15 is 0 Å². The zero-order valence-corrected chi connectivity index (χ0v) is 25.5. The molecule has 0 aliphatic rings. The Balaban J connectivity index is 0.000000984. The number of guanidine groups is 1. The molecule has 47 heavy (non-hydrogen) atoms. The molecule has 252 valence electrons. The van der Waals surface area contributed by atoms with Gasteiger partial charge in [0.05, 0.1) is 13.0 Å². The molecule has 3 rings (SSSR count). The first-order chi connectivity index (χ1) is 22.2. The van der Waals surface area contributed by atoms with Crippen molar-refractivity contribution in [2.45, 2.75) is 44.1 Å². The lowest BCUT2D eigenvalue weighted by molar-refractivity contribution is -0.192. The number of aliphatic carboxylic acids is 1. The Morgan fingerprint density at radius 1 is 0.872 bits per heavy atom. The zero-order chi connectivity index (χ0) is 35.0. The molecule has 0 saturated carbocycles. The number of carbonyl (C=O) groups is 4. The highest BCUT2D eigenvalue weighted by Crippen LogP contribution is 2.29. The first-order valence-electron chi connectivity index (χ1n) is 14.2. The van der Waals surface area contributed by atoms with Gasteiger partial charge in [-0.05, 0) is 35.1 Å². The molecule has 0 fully saturated rings. The summed E-state index contributed by atoms with van der Waals surface area (Å²) in [5.41, 5.74) is 14.5. The molecule has 8 N–H and O–H groups in total. The van der Waals surface area contributed by atoms with E-state index in [1.165, 1.54) is 7.11 Å². The maximum Gasteiger partial charge on any atom is 0.490 e. The van der Waals surface area contributed by atoms with Gasteiger partial charge in [-0.15, -0.1) is 0 Å². The summed E-state index contributed by atoms with van der Waals surface area (Å²) in [7, 11) is 1.30. The van der Waals surface area contributed by atoms with E-state index in [1.807, 2.05) is 84.9 Å². The van der Waals surface area contributed by atoms with Crippen molar-refractivity contribution in [3.63, 3.8) is 0 Å². The number of nitrogens with zero attached hydrogens (tertiary/aromatic N) is 1. The number of amides is 3. The lowest BCUT2D eigenvalue weighted by Gasteiger charge is -2.33. The molecule has 0 saturated heterocycles. The Morgan fingerprint density at radius 3 is 1.79 bits per heavy atom. The predicted octanol–water partition coefficient (Wildman–Crippen LogP) is 3.45. The number of rotatable bonds is 13. The molecule has 15 heteroatoms. The molecular weight excluding hydrogens is 621 g/mol. The van der Waals surface area contributed by atoms with E-state index in [9.17, 15) is 27.6 Å². The van der Waals surface area contributed by atoms with E-state index in [-0.39, 0.29) is 25.0 Å².